The van der Waals surface area contributed by atoms with Crippen molar-refractivity contribution < 1.29 is 8.42 Å². The van der Waals surface area contributed by atoms with E-state index in [1.165, 1.54) is 0 Å². The third-order valence-corrected chi connectivity index (χ3v) is 5.11. The number of nitrogens with zero attached hydrogens (tertiary/aromatic N) is 1. The van der Waals surface area contributed by atoms with Crippen LogP contribution >= 0.6 is 0 Å². The molecule has 0 aromatic carbocycles. The zero-order valence-electron chi connectivity index (χ0n) is 9.09. The molecule has 0 amide bonds. The first-order chi connectivity index (χ1) is 7.58. The first-order valence-electron chi connectivity index (χ1n) is 5.40. The quantitative estimate of drug-likeness (QED) is 0.816. The van der Waals surface area contributed by atoms with Crippen molar-refractivity contribution in [1.82, 2.24) is 4.98 Å². The molecule has 1 atom stereocenters. The molecule has 0 aliphatic carbocycles. The van der Waals surface area contributed by atoms with Gasteiger partial charge in [0, 0.05) is 23.9 Å². The summed E-state index contributed by atoms with van der Waals surface area (Å²) >= 11 is 0. The van der Waals surface area contributed by atoms with Gasteiger partial charge in [-0.1, -0.05) is 6.07 Å². The summed E-state index contributed by atoms with van der Waals surface area (Å²) in [5.74, 6) is 0.412. The van der Waals surface area contributed by atoms with Crippen molar-refractivity contribution in [1.29, 1.82) is 0 Å². The Morgan fingerprint density at radius 1 is 1.44 bits per heavy atom. The van der Waals surface area contributed by atoms with Crippen LogP contribution in [0.25, 0.3) is 0 Å². The molecule has 1 unspecified atom stereocenters. The molecule has 0 spiro atoms. The van der Waals surface area contributed by atoms with Crippen molar-refractivity contribution in [2.24, 2.45) is 5.73 Å². The minimum Gasteiger partial charge on any atom is -0.329 e. The molecule has 88 valence electrons. The van der Waals surface area contributed by atoms with Crippen LogP contribution in [0.5, 0.6) is 0 Å². The van der Waals surface area contributed by atoms with Crippen LogP contribution in [0, 0.1) is 0 Å². The van der Waals surface area contributed by atoms with Gasteiger partial charge in [-0.3, -0.25) is 4.98 Å². The van der Waals surface area contributed by atoms with Crippen LogP contribution in [0.15, 0.2) is 24.4 Å². The van der Waals surface area contributed by atoms with Crippen LogP contribution in [-0.2, 0) is 15.3 Å². The molecule has 1 saturated heterocycles. The maximum absolute atomic E-state index is 11.7. The summed E-state index contributed by atoms with van der Waals surface area (Å²) in [7, 11) is -2.97. The second kappa shape index (κ2) is 4.14. The molecule has 1 aromatic rings. The van der Waals surface area contributed by atoms with E-state index >= 15 is 0 Å². The lowest BCUT2D eigenvalue weighted by Crippen LogP contribution is -2.46. The van der Waals surface area contributed by atoms with Gasteiger partial charge in [-0.05, 0) is 25.0 Å². The monoisotopic (exact) mass is 240 g/mol. The Kier molecular flexibility index (Phi) is 2.99. The number of sulfone groups is 1. The highest BCUT2D eigenvalue weighted by atomic mass is 32.2. The van der Waals surface area contributed by atoms with E-state index in [-0.39, 0.29) is 11.5 Å². The number of rotatable bonds is 2. The van der Waals surface area contributed by atoms with Crippen LogP contribution in [0.3, 0.4) is 0 Å². The van der Waals surface area contributed by atoms with E-state index in [0.717, 1.165) is 12.1 Å². The minimum atomic E-state index is -2.97. The first kappa shape index (κ1) is 11.5. The van der Waals surface area contributed by atoms with Crippen LogP contribution < -0.4 is 5.73 Å². The molecule has 2 heterocycles. The Morgan fingerprint density at radius 3 is 2.81 bits per heavy atom. The molecular formula is C11H16N2O2S. The highest BCUT2D eigenvalue weighted by molar-refractivity contribution is 7.91. The molecule has 1 aromatic heterocycles. The number of hydrogen-bond acceptors (Lipinski definition) is 4. The van der Waals surface area contributed by atoms with Gasteiger partial charge in [0.25, 0.3) is 0 Å². The molecule has 1 aliphatic rings. The van der Waals surface area contributed by atoms with Crippen LogP contribution in [0.1, 0.15) is 18.5 Å². The third-order valence-electron chi connectivity index (χ3n) is 3.21. The van der Waals surface area contributed by atoms with Crippen molar-refractivity contribution in [2.75, 3.05) is 18.1 Å². The van der Waals surface area contributed by atoms with Gasteiger partial charge < -0.3 is 5.73 Å². The second-order valence-corrected chi connectivity index (χ2v) is 6.58. The first-order valence-corrected chi connectivity index (χ1v) is 7.22. The molecule has 4 nitrogen and oxygen atoms in total. The molecule has 1 fully saturated rings. The van der Waals surface area contributed by atoms with E-state index in [1.807, 2.05) is 18.2 Å². The molecule has 0 bridgehead atoms. The lowest BCUT2D eigenvalue weighted by Gasteiger charge is -2.35. The summed E-state index contributed by atoms with van der Waals surface area (Å²) in [6, 6.07) is 5.57. The van der Waals surface area contributed by atoms with E-state index in [2.05, 4.69) is 4.98 Å². The van der Waals surface area contributed by atoms with Crippen LogP contribution in [0.4, 0.5) is 0 Å². The van der Waals surface area contributed by atoms with Gasteiger partial charge in [-0.25, -0.2) is 8.42 Å². The van der Waals surface area contributed by atoms with Crippen molar-refractivity contribution in [3.8, 4) is 0 Å². The lowest BCUT2D eigenvalue weighted by molar-refractivity contribution is 0.408. The van der Waals surface area contributed by atoms with E-state index in [1.54, 1.807) is 6.20 Å². The summed E-state index contributed by atoms with van der Waals surface area (Å²) in [5, 5.41) is 0. The van der Waals surface area contributed by atoms with Gasteiger partial charge in [-0.2, -0.15) is 0 Å². The topological polar surface area (TPSA) is 73.0 Å². The molecular weight excluding hydrogens is 224 g/mol. The Labute approximate surface area is 95.8 Å². The number of aromatic nitrogens is 1. The molecule has 16 heavy (non-hydrogen) atoms. The minimum absolute atomic E-state index is 0.132. The third kappa shape index (κ3) is 2.10. The van der Waals surface area contributed by atoms with Crippen LogP contribution in [0.2, 0.25) is 0 Å². The molecule has 1 aliphatic heterocycles. The van der Waals surface area contributed by atoms with Gasteiger partial charge in [0.1, 0.15) is 0 Å². The summed E-state index contributed by atoms with van der Waals surface area (Å²) in [5.41, 5.74) is 6.12. The average molecular weight is 240 g/mol. The molecule has 2 N–H and O–H groups in total. The van der Waals surface area contributed by atoms with Crippen molar-refractivity contribution in [3.63, 3.8) is 0 Å². The van der Waals surface area contributed by atoms with E-state index < -0.39 is 15.3 Å². The maximum Gasteiger partial charge on any atom is 0.151 e. The Bertz CT molecular complexity index is 458. The molecule has 2 rings (SSSR count). The predicted octanol–water partition coefficient (Wildman–Crippen LogP) is 0.487. The van der Waals surface area contributed by atoms with Gasteiger partial charge in [0.2, 0.25) is 0 Å². The van der Waals surface area contributed by atoms with Crippen LogP contribution in [-0.4, -0.2) is 31.5 Å². The van der Waals surface area contributed by atoms with E-state index in [9.17, 15) is 8.42 Å². The molecule has 0 saturated carbocycles. The smallest absolute Gasteiger partial charge is 0.151 e. The fourth-order valence-corrected chi connectivity index (χ4v) is 4.32. The standard InChI is InChI=1S/C11H16N2O2S/c12-8-11(10-4-1-2-6-13-10)5-3-7-16(14,15)9-11/h1-2,4,6H,3,5,7-9,12H2. The Hall–Kier alpha value is -0.940. The normalized spacial score (nSPS) is 28.8. The van der Waals surface area contributed by atoms with Gasteiger partial charge in [0.15, 0.2) is 9.84 Å². The SMILES string of the molecule is NCC1(c2ccccn2)CCCS(=O)(=O)C1. The average Bonchev–Trinajstić information content (AvgIpc) is 2.29. The summed E-state index contributed by atoms with van der Waals surface area (Å²) in [4.78, 5) is 4.27. The Balaban J connectivity index is 2.40. The van der Waals surface area contributed by atoms with E-state index in [0.29, 0.717) is 13.0 Å². The summed E-state index contributed by atoms with van der Waals surface area (Å²) < 4.78 is 23.4. The zero-order valence-corrected chi connectivity index (χ0v) is 9.91. The number of nitrogens with two attached hydrogens (primary N) is 1. The zero-order chi connectivity index (χ0) is 11.6. The summed E-state index contributed by atoms with van der Waals surface area (Å²) in [6.45, 7) is 0.337. The lowest BCUT2D eigenvalue weighted by atomic mass is 9.81. The molecule has 0 radical (unpaired) electrons. The highest BCUT2D eigenvalue weighted by Crippen LogP contribution is 2.33. The number of hydrogen-bond donors (Lipinski definition) is 1. The van der Waals surface area contributed by atoms with E-state index in [4.69, 9.17) is 5.73 Å². The maximum atomic E-state index is 11.7. The molecule has 5 heteroatoms. The van der Waals surface area contributed by atoms with Gasteiger partial charge in [0.05, 0.1) is 11.5 Å². The fourth-order valence-electron chi connectivity index (χ4n) is 2.34. The van der Waals surface area contributed by atoms with Crippen molar-refractivity contribution >= 4 is 9.84 Å². The van der Waals surface area contributed by atoms with Gasteiger partial charge in [-0.15, -0.1) is 0 Å². The highest BCUT2D eigenvalue weighted by Gasteiger charge is 2.40. The second-order valence-electron chi connectivity index (χ2n) is 4.40. The fraction of sp³-hybridized carbons (Fsp3) is 0.545. The number of pyridine rings is 1. The largest absolute Gasteiger partial charge is 0.329 e. The summed E-state index contributed by atoms with van der Waals surface area (Å²) in [6.07, 6.45) is 3.17. The van der Waals surface area contributed by atoms with Gasteiger partial charge >= 0.3 is 0 Å². The van der Waals surface area contributed by atoms with Crippen molar-refractivity contribution in [2.45, 2.75) is 18.3 Å². The predicted molar refractivity (Wildman–Crippen MR) is 62.9 cm³/mol. The Morgan fingerprint density at radius 2 is 2.25 bits per heavy atom. The van der Waals surface area contributed by atoms with Crippen molar-refractivity contribution in [3.05, 3.63) is 30.1 Å².